The van der Waals surface area contributed by atoms with E-state index in [0.717, 1.165) is 13.0 Å². The zero-order valence-electron chi connectivity index (χ0n) is 8.79. The van der Waals surface area contributed by atoms with Crippen molar-refractivity contribution in [2.45, 2.75) is 19.3 Å². The third-order valence-electron chi connectivity index (χ3n) is 3.64. The Morgan fingerprint density at radius 3 is 2.87 bits per heavy atom. The number of nitrogens with one attached hydrogen (secondary N) is 1. The Morgan fingerprint density at radius 1 is 1.27 bits per heavy atom. The van der Waals surface area contributed by atoms with Gasteiger partial charge < -0.3 is 10.7 Å². The van der Waals surface area contributed by atoms with Gasteiger partial charge in [0.25, 0.3) is 0 Å². The standard InChI is InChI=1S/C13H16N2/c14-9-13(5-6-13)8-10-2-1-3-12-11(10)4-7-15-12/h1-4,7,15H,5-6,8-9,14H2. The fraction of sp³-hybridized carbons (Fsp3) is 0.385. The van der Waals surface area contributed by atoms with E-state index in [0.29, 0.717) is 5.41 Å². The molecule has 0 aliphatic heterocycles. The molecule has 1 aromatic carbocycles. The Labute approximate surface area is 89.5 Å². The van der Waals surface area contributed by atoms with Crippen LogP contribution in [0.4, 0.5) is 0 Å². The number of aromatic amines is 1. The van der Waals surface area contributed by atoms with Crippen LogP contribution in [0.3, 0.4) is 0 Å². The molecule has 0 amide bonds. The number of hydrogen-bond acceptors (Lipinski definition) is 1. The van der Waals surface area contributed by atoms with Gasteiger partial charge in [-0.2, -0.15) is 0 Å². The zero-order valence-corrected chi connectivity index (χ0v) is 8.79. The Bertz CT molecular complexity index is 480. The molecule has 1 aliphatic carbocycles. The molecular weight excluding hydrogens is 184 g/mol. The van der Waals surface area contributed by atoms with Crippen LogP contribution < -0.4 is 5.73 Å². The summed E-state index contributed by atoms with van der Waals surface area (Å²) in [6, 6.07) is 8.64. The second kappa shape index (κ2) is 3.11. The van der Waals surface area contributed by atoms with E-state index in [1.54, 1.807) is 0 Å². The first kappa shape index (κ1) is 8.98. The maximum atomic E-state index is 5.83. The zero-order chi connectivity index (χ0) is 10.3. The molecule has 1 aromatic heterocycles. The molecule has 3 N–H and O–H groups in total. The van der Waals surface area contributed by atoms with E-state index < -0.39 is 0 Å². The highest BCUT2D eigenvalue weighted by Gasteiger charge is 2.41. The van der Waals surface area contributed by atoms with E-state index in [4.69, 9.17) is 5.73 Å². The van der Waals surface area contributed by atoms with Crippen LogP contribution in [0.15, 0.2) is 30.5 Å². The molecule has 0 atom stereocenters. The van der Waals surface area contributed by atoms with Crippen LogP contribution in [0.1, 0.15) is 18.4 Å². The Balaban J connectivity index is 2.00. The molecule has 0 saturated heterocycles. The van der Waals surface area contributed by atoms with Crippen LogP contribution in [0, 0.1) is 5.41 Å². The largest absolute Gasteiger partial charge is 0.361 e. The van der Waals surface area contributed by atoms with Gasteiger partial charge in [-0.25, -0.2) is 0 Å². The van der Waals surface area contributed by atoms with Crippen LogP contribution in [0.2, 0.25) is 0 Å². The fourth-order valence-corrected chi connectivity index (χ4v) is 2.34. The van der Waals surface area contributed by atoms with Gasteiger partial charge in [-0.3, -0.25) is 0 Å². The van der Waals surface area contributed by atoms with E-state index in [1.165, 1.54) is 29.3 Å². The van der Waals surface area contributed by atoms with Crippen molar-refractivity contribution in [2.24, 2.45) is 11.1 Å². The van der Waals surface area contributed by atoms with Crippen LogP contribution in [0.25, 0.3) is 10.9 Å². The lowest BCUT2D eigenvalue weighted by Gasteiger charge is -2.12. The molecular formula is C13H16N2. The number of fused-ring (bicyclic) bond motifs is 1. The summed E-state index contributed by atoms with van der Waals surface area (Å²) in [5.74, 6) is 0. The Kier molecular flexibility index (Phi) is 1.86. The highest BCUT2D eigenvalue weighted by Crippen LogP contribution is 2.47. The average molecular weight is 200 g/mol. The quantitative estimate of drug-likeness (QED) is 0.785. The van der Waals surface area contributed by atoms with Gasteiger partial charge in [-0.05, 0) is 48.9 Å². The summed E-state index contributed by atoms with van der Waals surface area (Å²) in [5, 5.41) is 1.36. The number of rotatable bonds is 3. The highest BCUT2D eigenvalue weighted by molar-refractivity contribution is 5.82. The summed E-state index contributed by atoms with van der Waals surface area (Å²) in [7, 11) is 0. The number of nitrogens with two attached hydrogens (primary N) is 1. The topological polar surface area (TPSA) is 41.8 Å². The van der Waals surface area contributed by atoms with Crippen molar-refractivity contribution in [3.05, 3.63) is 36.0 Å². The van der Waals surface area contributed by atoms with Crippen molar-refractivity contribution in [1.82, 2.24) is 4.98 Å². The van der Waals surface area contributed by atoms with Crippen LogP contribution in [0.5, 0.6) is 0 Å². The summed E-state index contributed by atoms with van der Waals surface area (Å²) < 4.78 is 0. The second-order valence-corrected chi connectivity index (χ2v) is 4.74. The van der Waals surface area contributed by atoms with E-state index >= 15 is 0 Å². The lowest BCUT2D eigenvalue weighted by atomic mass is 9.94. The molecule has 1 aliphatic rings. The summed E-state index contributed by atoms with van der Waals surface area (Å²) in [6.45, 7) is 0.827. The maximum absolute atomic E-state index is 5.83. The average Bonchev–Trinajstić information content (AvgIpc) is 2.87. The van der Waals surface area contributed by atoms with Crippen molar-refractivity contribution in [3.63, 3.8) is 0 Å². The molecule has 2 nitrogen and oxygen atoms in total. The first-order valence-corrected chi connectivity index (χ1v) is 5.58. The smallest absolute Gasteiger partial charge is 0.0456 e. The number of hydrogen-bond donors (Lipinski definition) is 2. The highest BCUT2D eigenvalue weighted by atomic mass is 14.7. The molecule has 0 unspecified atom stereocenters. The fourth-order valence-electron chi connectivity index (χ4n) is 2.34. The minimum Gasteiger partial charge on any atom is -0.361 e. The second-order valence-electron chi connectivity index (χ2n) is 4.74. The van der Waals surface area contributed by atoms with Gasteiger partial charge in [0.05, 0.1) is 0 Å². The molecule has 1 heterocycles. The van der Waals surface area contributed by atoms with Gasteiger partial charge in [-0.1, -0.05) is 12.1 Å². The molecule has 2 heteroatoms. The monoisotopic (exact) mass is 200 g/mol. The molecule has 1 fully saturated rings. The molecule has 0 bridgehead atoms. The Morgan fingerprint density at radius 2 is 2.13 bits per heavy atom. The lowest BCUT2D eigenvalue weighted by molar-refractivity contribution is 0.523. The summed E-state index contributed by atoms with van der Waals surface area (Å²) in [6.07, 6.45) is 5.74. The minimum absolute atomic E-state index is 0.422. The van der Waals surface area contributed by atoms with Gasteiger partial charge in [0.2, 0.25) is 0 Å². The van der Waals surface area contributed by atoms with Gasteiger partial charge in [0, 0.05) is 17.1 Å². The van der Waals surface area contributed by atoms with Crippen molar-refractivity contribution < 1.29 is 0 Å². The summed E-state index contributed by atoms with van der Waals surface area (Å²) in [5.41, 5.74) is 8.93. The lowest BCUT2D eigenvalue weighted by Crippen LogP contribution is -2.17. The van der Waals surface area contributed by atoms with E-state index in [2.05, 4.69) is 29.2 Å². The van der Waals surface area contributed by atoms with Crippen molar-refractivity contribution >= 4 is 10.9 Å². The van der Waals surface area contributed by atoms with Crippen molar-refractivity contribution in [2.75, 3.05) is 6.54 Å². The minimum atomic E-state index is 0.422. The normalized spacial score (nSPS) is 18.2. The Hall–Kier alpha value is -1.28. The van der Waals surface area contributed by atoms with Crippen LogP contribution in [-0.4, -0.2) is 11.5 Å². The molecule has 2 aromatic rings. The van der Waals surface area contributed by atoms with E-state index in [-0.39, 0.29) is 0 Å². The number of benzene rings is 1. The molecule has 0 radical (unpaired) electrons. The summed E-state index contributed by atoms with van der Waals surface area (Å²) in [4.78, 5) is 3.25. The first-order chi connectivity index (χ1) is 7.33. The predicted molar refractivity (Wildman–Crippen MR) is 62.7 cm³/mol. The molecule has 3 rings (SSSR count). The van der Waals surface area contributed by atoms with Gasteiger partial charge >= 0.3 is 0 Å². The molecule has 1 saturated carbocycles. The maximum Gasteiger partial charge on any atom is 0.0456 e. The van der Waals surface area contributed by atoms with Gasteiger partial charge in [0.15, 0.2) is 0 Å². The molecule has 0 spiro atoms. The number of aromatic nitrogens is 1. The van der Waals surface area contributed by atoms with Gasteiger partial charge in [-0.15, -0.1) is 0 Å². The van der Waals surface area contributed by atoms with Crippen LogP contribution >= 0.6 is 0 Å². The predicted octanol–water partition coefficient (Wildman–Crippen LogP) is 2.45. The van der Waals surface area contributed by atoms with E-state index in [1.807, 2.05) is 6.20 Å². The SMILES string of the molecule is NCC1(Cc2cccc3[nH]ccc23)CC1. The third-order valence-corrected chi connectivity index (χ3v) is 3.64. The van der Waals surface area contributed by atoms with E-state index in [9.17, 15) is 0 Å². The van der Waals surface area contributed by atoms with Gasteiger partial charge in [0.1, 0.15) is 0 Å². The first-order valence-electron chi connectivity index (χ1n) is 5.58. The molecule has 78 valence electrons. The van der Waals surface area contributed by atoms with Crippen LogP contribution in [-0.2, 0) is 6.42 Å². The molecule has 15 heavy (non-hydrogen) atoms. The van der Waals surface area contributed by atoms with Crippen molar-refractivity contribution in [3.8, 4) is 0 Å². The third kappa shape index (κ3) is 1.45. The summed E-state index contributed by atoms with van der Waals surface area (Å²) >= 11 is 0. The van der Waals surface area contributed by atoms with Crippen molar-refractivity contribution in [1.29, 1.82) is 0 Å². The number of H-pyrrole nitrogens is 1.